The quantitative estimate of drug-likeness (QED) is 0.701. The third-order valence-corrected chi connectivity index (χ3v) is 6.34. The third kappa shape index (κ3) is 3.34. The van der Waals surface area contributed by atoms with E-state index in [0.717, 1.165) is 4.90 Å². The first kappa shape index (κ1) is 17.0. The number of rotatable bonds is 5. The van der Waals surface area contributed by atoms with Crippen LogP contribution in [-0.4, -0.2) is 48.6 Å². The van der Waals surface area contributed by atoms with Crippen LogP contribution >= 0.6 is 11.8 Å². The number of aliphatic hydroxyl groups excluding tert-OH is 1. The molecule has 0 saturated heterocycles. The summed E-state index contributed by atoms with van der Waals surface area (Å²) >= 11 is 1.57. The Labute approximate surface area is 143 Å². The number of allylic oxidation sites excluding steroid dienone is 1. The van der Waals surface area contributed by atoms with E-state index in [0.29, 0.717) is 5.75 Å². The zero-order valence-corrected chi connectivity index (χ0v) is 14.0. The van der Waals surface area contributed by atoms with Crippen LogP contribution in [0.2, 0.25) is 0 Å². The van der Waals surface area contributed by atoms with Crippen LogP contribution in [0.1, 0.15) is 0 Å². The number of thioether (sulfide) groups is 1. The molecule has 9 heteroatoms. The maximum absolute atomic E-state index is 12.3. The second kappa shape index (κ2) is 6.60. The van der Waals surface area contributed by atoms with Crippen molar-refractivity contribution in [2.24, 2.45) is 0 Å². The molecule has 3 unspecified atom stereocenters. The molecular formula is C15H15NO6S2. The Kier molecular flexibility index (Phi) is 4.68. The summed E-state index contributed by atoms with van der Waals surface area (Å²) in [4.78, 5) is 11.8. The number of nitrogens with one attached hydrogen (secondary N) is 1. The monoisotopic (exact) mass is 369 g/mol. The maximum atomic E-state index is 12.3. The van der Waals surface area contributed by atoms with Gasteiger partial charge >= 0.3 is 5.97 Å². The molecule has 3 rings (SSSR count). The predicted octanol–water partition coefficient (Wildman–Crippen LogP) is 0.727. The molecule has 3 atom stereocenters. The van der Waals surface area contributed by atoms with Crippen molar-refractivity contribution in [3.63, 3.8) is 0 Å². The predicted molar refractivity (Wildman–Crippen MR) is 88.3 cm³/mol. The van der Waals surface area contributed by atoms with Gasteiger partial charge in [-0.1, -0.05) is 18.2 Å². The molecule has 0 bridgehead atoms. The van der Waals surface area contributed by atoms with Crippen LogP contribution in [0.4, 0.5) is 0 Å². The molecule has 1 aromatic rings. The van der Waals surface area contributed by atoms with Gasteiger partial charge in [-0.25, -0.2) is 8.42 Å². The Balaban J connectivity index is 1.83. The van der Waals surface area contributed by atoms with Crippen molar-refractivity contribution >= 4 is 27.8 Å². The molecule has 0 radical (unpaired) electrons. The summed E-state index contributed by atoms with van der Waals surface area (Å²) in [7, 11) is -4.07. The van der Waals surface area contributed by atoms with Crippen molar-refractivity contribution in [3.05, 3.63) is 47.4 Å². The number of benzene rings is 1. The Morgan fingerprint density at radius 2 is 2.12 bits per heavy atom. The number of carbonyl (C=O) groups is 1. The van der Waals surface area contributed by atoms with Gasteiger partial charge in [0.2, 0.25) is 10.0 Å². The summed E-state index contributed by atoms with van der Waals surface area (Å²) in [5, 5.41) is 17.8. The van der Waals surface area contributed by atoms with Crippen LogP contribution in [0.15, 0.2) is 52.3 Å². The lowest BCUT2D eigenvalue weighted by Gasteiger charge is -2.32. The number of carboxylic acid groups (broad SMARTS) is 1. The number of aliphatic hydroxyl groups is 1. The molecule has 3 N–H and O–H groups in total. The lowest BCUT2D eigenvalue weighted by molar-refractivity contribution is -0.139. The highest BCUT2D eigenvalue weighted by atomic mass is 32.2. The largest absolute Gasteiger partial charge is 0.484 e. The fourth-order valence-corrected chi connectivity index (χ4v) is 4.72. The smallest absolute Gasteiger partial charge is 0.324 e. The molecule has 128 valence electrons. The standard InChI is InChI=1S/C15H15NO6S2/c17-8-10(15(18)19)16-24(20,21)9-5-6-14-12(7-9)22-11-3-1-2-4-13(11)23-14/h1-7,10,12,14,16-17H,8H2,(H,18,19). The summed E-state index contributed by atoms with van der Waals surface area (Å²) in [5.74, 6) is -0.767. The van der Waals surface area contributed by atoms with E-state index in [1.807, 2.05) is 29.0 Å². The van der Waals surface area contributed by atoms with E-state index >= 15 is 0 Å². The number of sulfonamides is 1. The number of hydrogen-bond acceptors (Lipinski definition) is 6. The van der Waals surface area contributed by atoms with Gasteiger partial charge in [0.05, 0.1) is 21.7 Å². The molecule has 0 aromatic heterocycles. The molecule has 1 heterocycles. The summed E-state index contributed by atoms with van der Waals surface area (Å²) < 4.78 is 32.4. The van der Waals surface area contributed by atoms with Gasteiger partial charge in [-0.2, -0.15) is 4.72 Å². The van der Waals surface area contributed by atoms with Crippen molar-refractivity contribution in [1.29, 1.82) is 0 Å². The number of para-hydroxylation sites is 1. The minimum absolute atomic E-state index is 0.0630. The highest BCUT2D eigenvalue weighted by molar-refractivity contribution is 8.00. The topological polar surface area (TPSA) is 113 Å². The van der Waals surface area contributed by atoms with E-state index in [1.54, 1.807) is 17.8 Å². The Morgan fingerprint density at radius 1 is 1.38 bits per heavy atom. The van der Waals surface area contributed by atoms with Crippen molar-refractivity contribution in [2.75, 3.05) is 6.61 Å². The summed E-state index contributed by atoms with van der Waals surface area (Å²) in [5.41, 5.74) is 0. The second-order valence-corrected chi connectivity index (χ2v) is 8.17. The van der Waals surface area contributed by atoms with Crippen LogP contribution in [0.25, 0.3) is 0 Å². The molecule has 1 aliphatic carbocycles. The average molecular weight is 369 g/mol. The molecule has 0 spiro atoms. The van der Waals surface area contributed by atoms with Gasteiger partial charge in [-0.05, 0) is 24.3 Å². The molecule has 0 amide bonds. The second-order valence-electron chi connectivity index (χ2n) is 5.23. The van der Waals surface area contributed by atoms with E-state index in [9.17, 15) is 13.2 Å². The van der Waals surface area contributed by atoms with Gasteiger partial charge in [0, 0.05) is 0 Å². The molecule has 1 aromatic carbocycles. The van der Waals surface area contributed by atoms with Crippen molar-refractivity contribution in [3.8, 4) is 5.75 Å². The first-order valence-corrected chi connectivity index (χ1v) is 9.45. The van der Waals surface area contributed by atoms with Crippen LogP contribution in [0.3, 0.4) is 0 Å². The van der Waals surface area contributed by atoms with Crippen LogP contribution in [-0.2, 0) is 14.8 Å². The molecule has 0 fully saturated rings. The van der Waals surface area contributed by atoms with Gasteiger partial charge in [0.1, 0.15) is 17.9 Å². The fraction of sp³-hybridized carbons (Fsp3) is 0.267. The van der Waals surface area contributed by atoms with E-state index in [4.69, 9.17) is 14.9 Å². The third-order valence-electron chi connectivity index (χ3n) is 3.57. The molecule has 7 nitrogen and oxygen atoms in total. The molecular weight excluding hydrogens is 354 g/mol. The molecule has 24 heavy (non-hydrogen) atoms. The summed E-state index contributed by atoms with van der Waals surface area (Å²) in [6, 6.07) is 5.88. The van der Waals surface area contributed by atoms with Gasteiger partial charge in [0.15, 0.2) is 0 Å². The van der Waals surface area contributed by atoms with E-state index in [1.165, 1.54) is 12.2 Å². The summed E-state index contributed by atoms with van der Waals surface area (Å²) in [6.45, 7) is -0.836. The SMILES string of the molecule is O=C(O)C(CO)NS(=O)(=O)C1=CC2Oc3ccccc3SC2C=C1. The molecule has 0 saturated carbocycles. The zero-order chi connectivity index (χ0) is 17.3. The lowest BCUT2D eigenvalue weighted by atomic mass is 10.1. The number of fused-ring (bicyclic) bond motifs is 2. The van der Waals surface area contributed by atoms with Crippen molar-refractivity contribution in [2.45, 2.75) is 22.3 Å². The average Bonchev–Trinajstić information content (AvgIpc) is 2.57. The number of ether oxygens (including phenoxy) is 1. The first-order chi connectivity index (χ1) is 11.4. The van der Waals surface area contributed by atoms with Gasteiger partial charge in [-0.3, -0.25) is 4.79 Å². The minimum Gasteiger partial charge on any atom is -0.484 e. The summed E-state index contributed by atoms with van der Waals surface area (Å²) in [6.07, 6.45) is 4.11. The molecule has 2 aliphatic rings. The highest BCUT2D eigenvalue weighted by Crippen LogP contribution is 2.42. The molecule has 1 aliphatic heterocycles. The zero-order valence-electron chi connectivity index (χ0n) is 12.3. The van der Waals surface area contributed by atoms with Gasteiger partial charge in [0.25, 0.3) is 0 Å². The van der Waals surface area contributed by atoms with Gasteiger partial charge < -0.3 is 14.9 Å². The van der Waals surface area contributed by atoms with Crippen LogP contribution in [0.5, 0.6) is 5.75 Å². The van der Waals surface area contributed by atoms with Crippen molar-refractivity contribution in [1.82, 2.24) is 4.72 Å². The fourth-order valence-electron chi connectivity index (χ4n) is 2.36. The maximum Gasteiger partial charge on any atom is 0.324 e. The van der Waals surface area contributed by atoms with E-state index in [2.05, 4.69) is 0 Å². The first-order valence-electron chi connectivity index (χ1n) is 7.09. The Morgan fingerprint density at radius 3 is 2.83 bits per heavy atom. The Bertz CT molecular complexity index is 817. The number of hydrogen-bond donors (Lipinski definition) is 3. The van der Waals surface area contributed by atoms with Gasteiger partial charge in [-0.15, -0.1) is 11.8 Å². The Hall–Kier alpha value is -1.81. The number of carboxylic acids is 1. The normalized spacial score (nSPS) is 23.5. The minimum atomic E-state index is -4.07. The highest BCUT2D eigenvalue weighted by Gasteiger charge is 2.33. The van der Waals surface area contributed by atoms with Crippen LogP contribution < -0.4 is 9.46 Å². The number of aliphatic carboxylic acids is 1. The lowest BCUT2D eigenvalue weighted by Crippen LogP contribution is -2.44. The van der Waals surface area contributed by atoms with E-state index in [-0.39, 0.29) is 10.2 Å². The van der Waals surface area contributed by atoms with Crippen molar-refractivity contribution < 1.29 is 28.2 Å². The van der Waals surface area contributed by atoms with Crippen LogP contribution in [0, 0.1) is 0 Å². The van der Waals surface area contributed by atoms with E-state index < -0.39 is 34.7 Å².